The fraction of sp³-hybridized carbons (Fsp3) is 0.533. The van der Waals surface area contributed by atoms with Gasteiger partial charge in [0.1, 0.15) is 0 Å². The van der Waals surface area contributed by atoms with Gasteiger partial charge in [-0.25, -0.2) is 0 Å². The summed E-state index contributed by atoms with van der Waals surface area (Å²) in [5.41, 5.74) is 0.617. The Kier molecular flexibility index (Phi) is 4.49. The summed E-state index contributed by atoms with van der Waals surface area (Å²) < 4.78 is 10.5. The molecule has 0 aliphatic carbocycles. The molecule has 5 nitrogen and oxygen atoms in total. The Bertz CT molecular complexity index is 514. The van der Waals surface area contributed by atoms with Gasteiger partial charge in [-0.05, 0) is 31.4 Å². The van der Waals surface area contributed by atoms with Crippen LogP contribution in [0.25, 0.3) is 0 Å². The van der Waals surface area contributed by atoms with Gasteiger partial charge in [-0.2, -0.15) is 0 Å². The number of carbonyl (C=O) groups is 2. The molecule has 2 rings (SSSR count). The Morgan fingerprint density at radius 2 is 2.30 bits per heavy atom. The van der Waals surface area contributed by atoms with Crippen LogP contribution in [0.1, 0.15) is 24.5 Å². The van der Waals surface area contributed by atoms with Crippen LogP contribution in [0, 0.1) is 12.3 Å². The van der Waals surface area contributed by atoms with Gasteiger partial charge < -0.3 is 9.47 Å². The van der Waals surface area contributed by atoms with Crippen molar-refractivity contribution in [3.63, 3.8) is 0 Å². The number of Topliss-reactive ketones (excluding diaryl/α,β-unsaturated/α-hetero) is 1. The Morgan fingerprint density at radius 1 is 1.50 bits per heavy atom. The molecule has 1 unspecified atom stereocenters. The highest BCUT2D eigenvalue weighted by molar-refractivity contribution is 6.04. The minimum Gasteiger partial charge on any atom is -0.465 e. The Balaban J connectivity index is 2.31. The van der Waals surface area contributed by atoms with E-state index in [1.165, 1.54) is 0 Å². The van der Waals surface area contributed by atoms with Crippen molar-refractivity contribution < 1.29 is 19.1 Å². The van der Waals surface area contributed by atoms with Crippen molar-refractivity contribution in [3.8, 4) is 0 Å². The molecule has 108 valence electrons. The predicted octanol–water partition coefficient (Wildman–Crippen LogP) is 1.47. The van der Waals surface area contributed by atoms with E-state index in [0.29, 0.717) is 6.61 Å². The molecular weight excluding hydrogens is 258 g/mol. The SMILES string of the molecule is CCOC(=O)C1(Cc2cncc(C)c2)COCCC1=O. The molecule has 1 saturated heterocycles. The van der Waals surface area contributed by atoms with Crippen molar-refractivity contribution in [3.05, 3.63) is 29.6 Å². The summed E-state index contributed by atoms with van der Waals surface area (Å²) in [6.45, 7) is 4.35. The quantitative estimate of drug-likeness (QED) is 0.616. The smallest absolute Gasteiger partial charge is 0.322 e. The maximum absolute atomic E-state index is 12.3. The lowest BCUT2D eigenvalue weighted by Gasteiger charge is -2.33. The second-order valence-electron chi connectivity index (χ2n) is 5.08. The molecule has 0 saturated carbocycles. The van der Waals surface area contributed by atoms with E-state index in [1.807, 2.05) is 13.0 Å². The van der Waals surface area contributed by atoms with E-state index >= 15 is 0 Å². The van der Waals surface area contributed by atoms with E-state index in [0.717, 1.165) is 11.1 Å². The third-order valence-electron chi connectivity index (χ3n) is 3.46. The first-order chi connectivity index (χ1) is 9.58. The Hall–Kier alpha value is -1.75. The van der Waals surface area contributed by atoms with Crippen LogP contribution in [0.4, 0.5) is 0 Å². The van der Waals surface area contributed by atoms with Crippen LogP contribution in [0.2, 0.25) is 0 Å². The van der Waals surface area contributed by atoms with Gasteiger partial charge in [0.05, 0.1) is 19.8 Å². The standard InChI is InChI=1S/C15H19NO4/c1-3-20-14(18)15(10-19-5-4-13(15)17)7-12-6-11(2)8-16-9-12/h6,8-9H,3-5,7,10H2,1-2H3. The number of ether oxygens (including phenoxy) is 2. The molecule has 20 heavy (non-hydrogen) atoms. The van der Waals surface area contributed by atoms with E-state index in [-0.39, 0.29) is 31.8 Å². The molecule has 1 atom stereocenters. The van der Waals surface area contributed by atoms with Crippen LogP contribution in [-0.4, -0.2) is 36.6 Å². The minimum absolute atomic E-state index is 0.0820. The molecule has 0 bridgehead atoms. The lowest BCUT2D eigenvalue weighted by Crippen LogP contribution is -2.49. The highest BCUT2D eigenvalue weighted by Gasteiger charge is 2.49. The fourth-order valence-corrected chi connectivity index (χ4v) is 2.46. The average molecular weight is 277 g/mol. The van der Waals surface area contributed by atoms with Crippen LogP contribution >= 0.6 is 0 Å². The fourth-order valence-electron chi connectivity index (χ4n) is 2.46. The van der Waals surface area contributed by atoms with E-state index < -0.39 is 11.4 Å². The zero-order valence-corrected chi connectivity index (χ0v) is 11.8. The number of ketones is 1. The molecule has 1 aliphatic rings. The topological polar surface area (TPSA) is 65.5 Å². The molecule has 1 aromatic heterocycles. The molecular formula is C15H19NO4. The molecule has 1 aliphatic heterocycles. The largest absolute Gasteiger partial charge is 0.465 e. The first-order valence-electron chi connectivity index (χ1n) is 6.77. The molecule has 0 radical (unpaired) electrons. The molecule has 5 heteroatoms. The van der Waals surface area contributed by atoms with Crippen molar-refractivity contribution in [1.29, 1.82) is 0 Å². The van der Waals surface area contributed by atoms with Crippen molar-refractivity contribution in [2.45, 2.75) is 26.7 Å². The van der Waals surface area contributed by atoms with Crippen molar-refractivity contribution in [2.24, 2.45) is 5.41 Å². The van der Waals surface area contributed by atoms with Gasteiger partial charge in [-0.1, -0.05) is 6.07 Å². The lowest BCUT2D eigenvalue weighted by molar-refractivity contribution is -0.169. The molecule has 1 aromatic rings. The number of nitrogens with zero attached hydrogens (tertiary/aromatic N) is 1. The highest BCUT2D eigenvalue weighted by atomic mass is 16.5. The van der Waals surface area contributed by atoms with E-state index in [2.05, 4.69) is 4.98 Å². The summed E-state index contributed by atoms with van der Waals surface area (Å²) in [5, 5.41) is 0. The van der Waals surface area contributed by atoms with Gasteiger partial charge >= 0.3 is 5.97 Å². The summed E-state index contributed by atoms with van der Waals surface area (Å²) in [5.74, 6) is -0.602. The van der Waals surface area contributed by atoms with E-state index in [1.54, 1.807) is 19.3 Å². The number of hydrogen-bond acceptors (Lipinski definition) is 5. The van der Waals surface area contributed by atoms with Crippen LogP contribution in [0.15, 0.2) is 18.5 Å². The van der Waals surface area contributed by atoms with Crippen LogP contribution in [-0.2, 0) is 25.5 Å². The average Bonchev–Trinajstić information content (AvgIpc) is 2.42. The normalized spacial score (nSPS) is 22.6. The minimum atomic E-state index is -1.22. The summed E-state index contributed by atoms with van der Waals surface area (Å²) in [6.07, 6.45) is 3.94. The Labute approximate surface area is 118 Å². The Morgan fingerprint density at radius 3 is 2.95 bits per heavy atom. The van der Waals surface area contributed by atoms with E-state index in [4.69, 9.17) is 9.47 Å². The number of aromatic nitrogens is 1. The van der Waals surface area contributed by atoms with Crippen LogP contribution < -0.4 is 0 Å². The zero-order valence-electron chi connectivity index (χ0n) is 11.8. The third-order valence-corrected chi connectivity index (χ3v) is 3.46. The van der Waals surface area contributed by atoms with Gasteiger partial charge in [0.2, 0.25) is 0 Å². The van der Waals surface area contributed by atoms with Gasteiger partial charge in [-0.3, -0.25) is 14.6 Å². The second kappa shape index (κ2) is 6.13. The molecule has 0 N–H and O–H groups in total. The number of hydrogen-bond donors (Lipinski definition) is 0. The molecule has 0 amide bonds. The number of pyridine rings is 1. The number of carbonyl (C=O) groups excluding carboxylic acids is 2. The van der Waals surface area contributed by atoms with Gasteiger partial charge in [0.25, 0.3) is 0 Å². The van der Waals surface area contributed by atoms with Crippen molar-refractivity contribution in [1.82, 2.24) is 4.98 Å². The van der Waals surface area contributed by atoms with Gasteiger partial charge in [0.15, 0.2) is 11.2 Å². The summed E-state index contributed by atoms with van der Waals surface area (Å²) >= 11 is 0. The van der Waals surface area contributed by atoms with Gasteiger partial charge in [-0.15, -0.1) is 0 Å². The lowest BCUT2D eigenvalue weighted by atomic mass is 9.76. The first kappa shape index (κ1) is 14.7. The first-order valence-corrected chi connectivity index (χ1v) is 6.77. The predicted molar refractivity (Wildman–Crippen MR) is 72.2 cm³/mol. The third kappa shape index (κ3) is 2.88. The van der Waals surface area contributed by atoms with E-state index in [9.17, 15) is 9.59 Å². The summed E-state index contributed by atoms with van der Waals surface area (Å²) in [6, 6.07) is 1.93. The van der Waals surface area contributed by atoms with Gasteiger partial charge in [0, 0.05) is 18.8 Å². The van der Waals surface area contributed by atoms with Crippen molar-refractivity contribution in [2.75, 3.05) is 19.8 Å². The molecule has 0 aromatic carbocycles. The number of esters is 1. The highest BCUT2D eigenvalue weighted by Crippen LogP contribution is 2.31. The summed E-state index contributed by atoms with van der Waals surface area (Å²) in [7, 11) is 0. The maximum atomic E-state index is 12.3. The van der Waals surface area contributed by atoms with Crippen molar-refractivity contribution >= 4 is 11.8 Å². The molecule has 1 fully saturated rings. The zero-order chi connectivity index (χ0) is 14.6. The maximum Gasteiger partial charge on any atom is 0.322 e. The van der Waals surface area contributed by atoms with Crippen LogP contribution in [0.5, 0.6) is 0 Å². The second-order valence-corrected chi connectivity index (χ2v) is 5.08. The number of aryl methyl sites for hydroxylation is 1. The molecule has 2 heterocycles. The number of rotatable bonds is 4. The summed E-state index contributed by atoms with van der Waals surface area (Å²) in [4.78, 5) is 28.7. The molecule has 0 spiro atoms. The monoisotopic (exact) mass is 277 g/mol. The van der Waals surface area contributed by atoms with Crippen LogP contribution in [0.3, 0.4) is 0 Å².